The molecular weight excluding hydrogens is 326 g/mol. The van der Waals surface area contributed by atoms with Crippen molar-refractivity contribution < 1.29 is 4.74 Å². The highest BCUT2D eigenvalue weighted by Gasteiger charge is 2.32. The van der Waals surface area contributed by atoms with Crippen molar-refractivity contribution in [3.63, 3.8) is 0 Å². The molecular formula is C18H28BrNO. The lowest BCUT2D eigenvalue weighted by atomic mass is 9.70. The fourth-order valence-electron chi connectivity index (χ4n) is 3.39. The van der Waals surface area contributed by atoms with E-state index >= 15 is 0 Å². The summed E-state index contributed by atoms with van der Waals surface area (Å²) in [4.78, 5) is 0. The predicted octanol–water partition coefficient (Wildman–Crippen LogP) is 4.95. The summed E-state index contributed by atoms with van der Waals surface area (Å²) in [5, 5.41) is 3.68. The van der Waals surface area contributed by atoms with Crippen LogP contribution in [0.4, 0.5) is 0 Å². The van der Waals surface area contributed by atoms with Crippen LogP contribution in [0.15, 0.2) is 22.7 Å². The Kier molecular flexibility index (Phi) is 6.12. The molecule has 0 aromatic heterocycles. The Labute approximate surface area is 137 Å². The molecule has 1 saturated carbocycles. The molecule has 1 aliphatic rings. The van der Waals surface area contributed by atoms with E-state index in [4.69, 9.17) is 4.74 Å². The normalized spacial score (nSPS) is 18.0. The van der Waals surface area contributed by atoms with Gasteiger partial charge in [-0.1, -0.05) is 39.2 Å². The van der Waals surface area contributed by atoms with Crippen LogP contribution in [0.1, 0.15) is 51.5 Å². The highest BCUT2D eigenvalue weighted by atomic mass is 79.9. The van der Waals surface area contributed by atoms with Crippen LogP contribution < -0.4 is 10.1 Å². The highest BCUT2D eigenvalue weighted by Crippen LogP contribution is 2.40. The lowest BCUT2D eigenvalue weighted by molar-refractivity contribution is 0.176. The average molecular weight is 354 g/mol. The summed E-state index contributed by atoms with van der Waals surface area (Å²) >= 11 is 3.61. The van der Waals surface area contributed by atoms with Crippen molar-refractivity contribution in [3.05, 3.63) is 28.2 Å². The van der Waals surface area contributed by atoms with Gasteiger partial charge in [-0.3, -0.25) is 0 Å². The molecule has 0 bridgehead atoms. The number of hydrogen-bond donors (Lipinski definition) is 1. The number of ether oxygens (including phenoxy) is 1. The summed E-state index contributed by atoms with van der Waals surface area (Å²) in [5.74, 6) is 0.914. The fourth-order valence-corrected chi connectivity index (χ4v) is 3.98. The molecule has 1 aliphatic carbocycles. The molecule has 0 spiro atoms. The van der Waals surface area contributed by atoms with Gasteiger partial charge >= 0.3 is 0 Å². The Morgan fingerprint density at radius 2 is 1.95 bits per heavy atom. The summed E-state index contributed by atoms with van der Waals surface area (Å²) in [7, 11) is 1.72. The van der Waals surface area contributed by atoms with E-state index in [0.717, 1.165) is 23.2 Å². The molecule has 0 atom stereocenters. The van der Waals surface area contributed by atoms with Crippen LogP contribution in [0.5, 0.6) is 5.75 Å². The van der Waals surface area contributed by atoms with Gasteiger partial charge in [0.25, 0.3) is 0 Å². The SMILES string of the molecule is COc1ccc(CC2(CNC(C)C)CCCCC2)cc1Br. The molecule has 2 rings (SSSR count). The second-order valence-electron chi connectivity index (χ2n) is 6.74. The quantitative estimate of drug-likeness (QED) is 0.781. The van der Waals surface area contributed by atoms with Crippen molar-refractivity contribution in [1.82, 2.24) is 5.32 Å². The van der Waals surface area contributed by atoms with Gasteiger partial charge in [-0.25, -0.2) is 0 Å². The van der Waals surface area contributed by atoms with Crippen LogP contribution in [0.25, 0.3) is 0 Å². The molecule has 1 aromatic rings. The Bertz CT molecular complexity index is 453. The van der Waals surface area contributed by atoms with Crippen LogP contribution in [-0.4, -0.2) is 19.7 Å². The van der Waals surface area contributed by atoms with Crippen LogP contribution in [0, 0.1) is 5.41 Å². The molecule has 118 valence electrons. The van der Waals surface area contributed by atoms with Gasteiger partial charge in [0, 0.05) is 12.6 Å². The summed E-state index contributed by atoms with van der Waals surface area (Å²) in [5.41, 5.74) is 1.84. The molecule has 2 nitrogen and oxygen atoms in total. The van der Waals surface area contributed by atoms with E-state index in [2.05, 4.69) is 53.3 Å². The third-order valence-electron chi connectivity index (χ3n) is 4.59. The van der Waals surface area contributed by atoms with E-state index < -0.39 is 0 Å². The maximum absolute atomic E-state index is 5.33. The Hall–Kier alpha value is -0.540. The first-order valence-corrected chi connectivity index (χ1v) is 8.90. The molecule has 0 amide bonds. The lowest BCUT2D eigenvalue weighted by Gasteiger charge is -2.38. The number of methoxy groups -OCH3 is 1. The van der Waals surface area contributed by atoms with Gasteiger partial charge in [0.05, 0.1) is 11.6 Å². The van der Waals surface area contributed by atoms with Crippen molar-refractivity contribution in [2.75, 3.05) is 13.7 Å². The molecule has 1 N–H and O–H groups in total. The number of nitrogens with one attached hydrogen (secondary N) is 1. The maximum atomic E-state index is 5.33. The minimum atomic E-state index is 0.427. The summed E-state index contributed by atoms with van der Waals surface area (Å²) in [6, 6.07) is 7.08. The van der Waals surface area contributed by atoms with Gasteiger partial charge in [-0.2, -0.15) is 0 Å². The monoisotopic (exact) mass is 353 g/mol. The van der Waals surface area contributed by atoms with Crippen LogP contribution in [0.3, 0.4) is 0 Å². The van der Waals surface area contributed by atoms with Crippen molar-refractivity contribution in [3.8, 4) is 5.75 Å². The predicted molar refractivity (Wildman–Crippen MR) is 93.1 cm³/mol. The Morgan fingerprint density at radius 3 is 2.52 bits per heavy atom. The third kappa shape index (κ3) is 4.72. The smallest absolute Gasteiger partial charge is 0.133 e. The summed E-state index contributed by atoms with van der Waals surface area (Å²) in [6.45, 7) is 5.61. The summed E-state index contributed by atoms with van der Waals surface area (Å²) in [6.07, 6.45) is 7.99. The lowest BCUT2D eigenvalue weighted by Crippen LogP contribution is -2.40. The second kappa shape index (κ2) is 7.64. The first-order valence-electron chi connectivity index (χ1n) is 8.10. The van der Waals surface area contributed by atoms with E-state index in [0.29, 0.717) is 11.5 Å². The van der Waals surface area contributed by atoms with E-state index in [1.165, 1.54) is 37.7 Å². The fraction of sp³-hybridized carbons (Fsp3) is 0.667. The van der Waals surface area contributed by atoms with Crippen molar-refractivity contribution in [2.45, 2.75) is 58.4 Å². The topological polar surface area (TPSA) is 21.3 Å². The van der Waals surface area contributed by atoms with E-state index in [1.807, 2.05) is 0 Å². The van der Waals surface area contributed by atoms with Crippen molar-refractivity contribution in [2.24, 2.45) is 5.41 Å². The highest BCUT2D eigenvalue weighted by molar-refractivity contribution is 9.10. The zero-order valence-electron chi connectivity index (χ0n) is 13.5. The van der Waals surface area contributed by atoms with Gasteiger partial charge in [-0.05, 0) is 58.3 Å². The molecule has 0 unspecified atom stereocenters. The standard InChI is InChI=1S/C18H28BrNO/c1-14(2)20-13-18(9-5-4-6-10-18)12-15-7-8-17(21-3)16(19)11-15/h7-8,11,14,20H,4-6,9-10,12-13H2,1-3H3. The van der Waals surface area contributed by atoms with Crippen molar-refractivity contribution >= 4 is 15.9 Å². The first-order chi connectivity index (χ1) is 10.0. The minimum absolute atomic E-state index is 0.427. The van der Waals surface area contributed by atoms with Crippen LogP contribution >= 0.6 is 15.9 Å². The van der Waals surface area contributed by atoms with Gasteiger partial charge in [0.1, 0.15) is 5.75 Å². The van der Waals surface area contributed by atoms with Gasteiger partial charge in [-0.15, -0.1) is 0 Å². The number of hydrogen-bond acceptors (Lipinski definition) is 2. The van der Waals surface area contributed by atoms with E-state index in [1.54, 1.807) is 7.11 Å². The van der Waals surface area contributed by atoms with E-state index in [9.17, 15) is 0 Å². The third-order valence-corrected chi connectivity index (χ3v) is 5.21. The Morgan fingerprint density at radius 1 is 1.24 bits per heavy atom. The van der Waals surface area contributed by atoms with Gasteiger partial charge in [0.15, 0.2) is 0 Å². The second-order valence-corrected chi connectivity index (χ2v) is 7.60. The zero-order valence-corrected chi connectivity index (χ0v) is 15.1. The van der Waals surface area contributed by atoms with E-state index in [-0.39, 0.29) is 0 Å². The minimum Gasteiger partial charge on any atom is -0.496 e. The summed E-state index contributed by atoms with van der Waals surface area (Å²) < 4.78 is 6.40. The maximum Gasteiger partial charge on any atom is 0.133 e. The zero-order chi connectivity index (χ0) is 15.3. The largest absolute Gasteiger partial charge is 0.496 e. The molecule has 0 aliphatic heterocycles. The Balaban J connectivity index is 2.12. The number of halogens is 1. The molecule has 0 heterocycles. The van der Waals surface area contributed by atoms with Crippen molar-refractivity contribution in [1.29, 1.82) is 0 Å². The molecule has 21 heavy (non-hydrogen) atoms. The molecule has 1 fully saturated rings. The molecule has 3 heteroatoms. The average Bonchev–Trinajstić information content (AvgIpc) is 2.46. The number of benzene rings is 1. The van der Waals surface area contributed by atoms with Crippen LogP contribution in [0.2, 0.25) is 0 Å². The molecule has 0 radical (unpaired) electrons. The van der Waals surface area contributed by atoms with Gasteiger partial charge < -0.3 is 10.1 Å². The van der Waals surface area contributed by atoms with Gasteiger partial charge in [0.2, 0.25) is 0 Å². The van der Waals surface area contributed by atoms with Crippen LogP contribution in [-0.2, 0) is 6.42 Å². The number of rotatable bonds is 6. The first kappa shape index (κ1) is 16.8. The molecule has 1 aromatic carbocycles. The molecule has 0 saturated heterocycles.